The first kappa shape index (κ1) is 19.4. The van der Waals surface area contributed by atoms with Gasteiger partial charge >= 0.3 is 0 Å². The zero-order chi connectivity index (χ0) is 19.2. The Morgan fingerprint density at radius 1 is 1.22 bits per heavy atom. The molecule has 0 atom stereocenters. The van der Waals surface area contributed by atoms with Crippen LogP contribution < -0.4 is 5.32 Å². The Morgan fingerprint density at radius 2 is 2.00 bits per heavy atom. The molecule has 1 N–H and O–H groups in total. The van der Waals surface area contributed by atoms with Crippen molar-refractivity contribution in [3.05, 3.63) is 53.8 Å². The molecule has 140 valence electrons. The normalized spacial score (nSPS) is 11.0. The molecule has 27 heavy (non-hydrogen) atoms. The van der Waals surface area contributed by atoms with Gasteiger partial charge in [0, 0.05) is 35.2 Å². The van der Waals surface area contributed by atoms with Crippen molar-refractivity contribution in [3.63, 3.8) is 0 Å². The van der Waals surface area contributed by atoms with E-state index in [-0.39, 0.29) is 11.7 Å². The third-order valence-electron chi connectivity index (χ3n) is 3.64. The zero-order valence-corrected chi connectivity index (χ0v) is 16.7. The summed E-state index contributed by atoms with van der Waals surface area (Å²) in [5.41, 5.74) is 1.62. The second-order valence-electron chi connectivity index (χ2n) is 6.40. The van der Waals surface area contributed by atoms with Crippen molar-refractivity contribution in [2.45, 2.75) is 25.5 Å². The fraction of sp³-hybridized carbons (Fsp3) is 0.263. The van der Waals surface area contributed by atoms with Crippen molar-refractivity contribution in [3.8, 4) is 11.4 Å². The number of benzene rings is 1. The van der Waals surface area contributed by atoms with Gasteiger partial charge in [-0.3, -0.25) is 9.78 Å². The molecular formula is C19H20ClN5OS. The van der Waals surface area contributed by atoms with Crippen LogP contribution in [0.2, 0.25) is 5.02 Å². The second kappa shape index (κ2) is 9.01. The first-order chi connectivity index (χ1) is 13.0. The number of anilines is 1. The highest BCUT2D eigenvalue weighted by molar-refractivity contribution is 7.99. The van der Waals surface area contributed by atoms with Gasteiger partial charge in [0.2, 0.25) is 5.91 Å². The van der Waals surface area contributed by atoms with Gasteiger partial charge in [-0.25, -0.2) is 0 Å². The standard InChI is InChI=1S/C19H20ClN5OS/c1-13(2)11-25-18(14-4-3-9-21-10-14)23-24-19(25)27-12-17(26)22-16-7-5-15(20)6-8-16/h3-10,13H,11-12H2,1-2H3,(H,22,26). The van der Waals surface area contributed by atoms with Crippen molar-refractivity contribution >= 4 is 35.0 Å². The van der Waals surface area contributed by atoms with Crippen LogP contribution in [0.1, 0.15) is 13.8 Å². The number of rotatable bonds is 7. The van der Waals surface area contributed by atoms with Crippen LogP contribution in [0.3, 0.4) is 0 Å². The van der Waals surface area contributed by atoms with Gasteiger partial charge in [0.25, 0.3) is 0 Å². The Kier molecular flexibility index (Phi) is 6.47. The van der Waals surface area contributed by atoms with Gasteiger partial charge in [0.15, 0.2) is 11.0 Å². The van der Waals surface area contributed by atoms with Gasteiger partial charge in [-0.15, -0.1) is 10.2 Å². The molecule has 0 saturated heterocycles. The fourth-order valence-corrected chi connectivity index (χ4v) is 3.37. The quantitative estimate of drug-likeness (QED) is 0.595. The van der Waals surface area contributed by atoms with E-state index in [1.165, 1.54) is 11.8 Å². The highest BCUT2D eigenvalue weighted by Gasteiger charge is 2.16. The number of pyridine rings is 1. The Bertz CT molecular complexity index is 896. The molecule has 6 nitrogen and oxygen atoms in total. The second-order valence-corrected chi connectivity index (χ2v) is 7.78. The predicted octanol–water partition coefficient (Wildman–Crippen LogP) is 4.38. The van der Waals surface area contributed by atoms with E-state index in [0.29, 0.717) is 21.8 Å². The maximum absolute atomic E-state index is 12.2. The summed E-state index contributed by atoms with van der Waals surface area (Å²) >= 11 is 7.23. The Hall–Kier alpha value is -2.38. The van der Waals surface area contributed by atoms with Crippen molar-refractivity contribution < 1.29 is 4.79 Å². The number of amides is 1. The first-order valence-corrected chi connectivity index (χ1v) is 9.91. The van der Waals surface area contributed by atoms with Gasteiger partial charge in [-0.2, -0.15) is 0 Å². The molecule has 1 aromatic carbocycles. The Labute approximate surface area is 167 Å². The minimum atomic E-state index is -0.107. The van der Waals surface area contributed by atoms with Gasteiger partial charge in [-0.05, 0) is 42.3 Å². The number of halogens is 1. The van der Waals surface area contributed by atoms with Crippen LogP contribution in [0, 0.1) is 5.92 Å². The third-order valence-corrected chi connectivity index (χ3v) is 4.86. The van der Waals surface area contributed by atoms with Crippen molar-refractivity contribution in [2.75, 3.05) is 11.1 Å². The number of hydrogen-bond donors (Lipinski definition) is 1. The maximum atomic E-state index is 12.2. The molecule has 0 saturated carbocycles. The minimum Gasteiger partial charge on any atom is -0.325 e. The molecule has 0 bridgehead atoms. The van der Waals surface area contributed by atoms with Crippen LogP contribution in [0.4, 0.5) is 5.69 Å². The van der Waals surface area contributed by atoms with Gasteiger partial charge in [0.05, 0.1) is 5.75 Å². The van der Waals surface area contributed by atoms with Crippen molar-refractivity contribution in [2.24, 2.45) is 5.92 Å². The van der Waals surface area contributed by atoms with E-state index >= 15 is 0 Å². The molecule has 3 aromatic rings. The Balaban J connectivity index is 1.71. The molecule has 0 spiro atoms. The summed E-state index contributed by atoms with van der Waals surface area (Å²) in [6, 6.07) is 10.8. The smallest absolute Gasteiger partial charge is 0.234 e. The molecule has 0 radical (unpaired) electrons. The van der Waals surface area contributed by atoms with E-state index in [0.717, 1.165) is 17.9 Å². The summed E-state index contributed by atoms with van der Waals surface area (Å²) in [4.78, 5) is 16.4. The number of thioether (sulfide) groups is 1. The van der Waals surface area contributed by atoms with Crippen LogP contribution >= 0.6 is 23.4 Å². The molecule has 0 aliphatic carbocycles. The predicted molar refractivity (Wildman–Crippen MR) is 109 cm³/mol. The zero-order valence-electron chi connectivity index (χ0n) is 15.1. The molecule has 0 aliphatic heterocycles. The lowest BCUT2D eigenvalue weighted by Gasteiger charge is -2.12. The summed E-state index contributed by atoms with van der Waals surface area (Å²) in [6.07, 6.45) is 3.49. The average Bonchev–Trinajstić information content (AvgIpc) is 3.04. The van der Waals surface area contributed by atoms with Gasteiger partial charge < -0.3 is 9.88 Å². The van der Waals surface area contributed by atoms with E-state index < -0.39 is 0 Å². The monoisotopic (exact) mass is 401 g/mol. The number of hydrogen-bond acceptors (Lipinski definition) is 5. The average molecular weight is 402 g/mol. The summed E-state index contributed by atoms with van der Waals surface area (Å²) in [5, 5.41) is 12.8. The lowest BCUT2D eigenvalue weighted by atomic mass is 10.2. The molecule has 2 heterocycles. The molecular weight excluding hydrogens is 382 g/mol. The largest absolute Gasteiger partial charge is 0.325 e. The minimum absolute atomic E-state index is 0.107. The summed E-state index contributed by atoms with van der Waals surface area (Å²) in [7, 11) is 0. The number of carbonyl (C=O) groups excluding carboxylic acids is 1. The Morgan fingerprint density at radius 3 is 2.67 bits per heavy atom. The van der Waals surface area contributed by atoms with E-state index in [1.807, 2.05) is 16.7 Å². The molecule has 1 amide bonds. The summed E-state index contributed by atoms with van der Waals surface area (Å²) in [5.74, 6) is 1.31. The molecule has 3 rings (SSSR count). The van der Waals surface area contributed by atoms with E-state index in [2.05, 4.69) is 34.3 Å². The van der Waals surface area contributed by atoms with E-state index in [4.69, 9.17) is 11.6 Å². The fourth-order valence-electron chi connectivity index (χ4n) is 2.49. The highest BCUT2D eigenvalue weighted by atomic mass is 35.5. The lowest BCUT2D eigenvalue weighted by Crippen LogP contribution is -2.15. The van der Waals surface area contributed by atoms with Gasteiger partial charge in [-0.1, -0.05) is 37.2 Å². The van der Waals surface area contributed by atoms with Crippen LogP contribution in [-0.4, -0.2) is 31.4 Å². The van der Waals surface area contributed by atoms with E-state index in [1.54, 1.807) is 36.7 Å². The van der Waals surface area contributed by atoms with Crippen LogP contribution in [-0.2, 0) is 11.3 Å². The van der Waals surface area contributed by atoms with Crippen LogP contribution in [0.5, 0.6) is 0 Å². The van der Waals surface area contributed by atoms with E-state index in [9.17, 15) is 4.79 Å². The third kappa shape index (κ3) is 5.30. The summed E-state index contributed by atoms with van der Waals surface area (Å²) in [6.45, 7) is 5.03. The van der Waals surface area contributed by atoms with Crippen LogP contribution in [0.15, 0.2) is 53.9 Å². The van der Waals surface area contributed by atoms with Crippen molar-refractivity contribution in [1.82, 2.24) is 19.7 Å². The first-order valence-electron chi connectivity index (χ1n) is 8.54. The number of nitrogens with zero attached hydrogens (tertiary/aromatic N) is 4. The molecule has 8 heteroatoms. The SMILES string of the molecule is CC(C)Cn1c(SCC(=O)Nc2ccc(Cl)cc2)nnc1-c1cccnc1. The lowest BCUT2D eigenvalue weighted by molar-refractivity contribution is -0.113. The number of carbonyl (C=O) groups is 1. The van der Waals surface area contributed by atoms with Crippen molar-refractivity contribution in [1.29, 1.82) is 0 Å². The van der Waals surface area contributed by atoms with Crippen LogP contribution in [0.25, 0.3) is 11.4 Å². The maximum Gasteiger partial charge on any atom is 0.234 e. The summed E-state index contributed by atoms with van der Waals surface area (Å²) < 4.78 is 2.04. The molecule has 0 aliphatic rings. The number of aromatic nitrogens is 4. The van der Waals surface area contributed by atoms with Gasteiger partial charge in [0.1, 0.15) is 0 Å². The number of nitrogens with one attached hydrogen (secondary N) is 1. The molecule has 2 aromatic heterocycles. The molecule has 0 unspecified atom stereocenters. The highest BCUT2D eigenvalue weighted by Crippen LogP contribution is 2.25. The topological polar surface area (TPSA) is 72.7 Å². The molecule has 0 fully saturated rings.